The number of sulfone groups is 1. The summed E-state index contributed by atoms with van der Waals surface area (Å²) in [5.41, 5.74) is 0.704. The minimum atomic E-state index is -3.17. The fraction of sp³-hybridized carbons (Fsp3) is 0.571. The molecule has 2 rings (SSSR count). The van der Waals surface area contributed by atoms with Gasteiger partial charge in [0.2, 0.25) is 0 Å². The molecule has 0 radical (unpaired) electrons. The fourth-order valence-electron chi connectivity index (χ4n) is 2.40. The highest BCUT2D eigenvalue weighted by Crippen LogP contribution is 2.20. The minimum Gasteiger partial charge on any atom is -0.384 e. The van der Waals surface area contributed by atoms with Crippen molar-refractivity contribution in [1.82, 2.24) is 10.2 Å². The summed E-state index contributed by atoms with van der Waals surface area (Å²) in [6, 6.07) is 7.07. The topological polar surface area (TPSA) is 61.4 Å². The Kier molecular flexibility index (Phi) is 5.39. The number of hydrogen-bond acceptors (Lipinski definition) is 5. The molecule has 112 valence electrons. The fourth-order valence-corrected chi connectivity index (χ4v) is 3.26. The Morgan fingerprint density at radius 3 is 2.65 bits per heavy atom. The molecule has 1 aliphatic rings. The third-order valence-electron chi connectivity index (χ3n) is 3.46. The lowest BCUT2D eigenvalue weighted by molar-refractivity contribution is 0.240. The van der Waals surface area contributed by atoms with Crippen LogP contribution in [0.15, 0.2) is 29.2 Å². The lowest BCUT2D eigenvalue weighted by Crippen LogP contribution is -2.44. The van der Waals surface area contributed by atoms with E-state index < -0.39 is 9.84 Å². The van der Waals surface area contributed by atoms with Crippen molar-refractivity contribution in [3.63, 3.8) is 0 Å². The van der Waals surface area contributed by atoms with E-state index in [0.29, 0.717) is 10.6 Å². The second kappa shape index (κ2) is 7.06. The lowest BCUT2D eigenvalue weighted by Gasteiger charge is -2.27. The summed E-state index contributed by atoms with van der Waals surface area (Å²) < 4.78 is 23.4. The molecular formula is C14H23N3O2S. The van der Waals surface area contributed by atoms with Gasteiger partial charge < -0.3 is 15.5 Å². The van der Waals surface area contributed by atoms with Crippen molar-refractivity contribution in [3.05, 3.63) is 24.3 Å². The lowest BCUT2D eigenvalue weighted by atomic mass is 10.3. The molecule has 0 spiro atoms. The van der Waals surface area contributed by atoms with Crippen LogP contribution < -0.4 is 10.6 Å². The molecule has 0 unspecified atom stereocenters. The molecule has 2 N–H and O–H groups in total. The Morgan fingerprint density at radius 1 is 1.25 bits per heavy atom. The molecule has 1 fully saturated rings. The largest absolute Gasteiger partial charge is 0.384 e. The summed E-state index contributed by atoms with van der Waals surface area (Å²) in [6.07, 6.45) is 2.26. The van der Waals surface area contributed by atoms with Gasteiger partial charge in [0.05, 0.1) is 10.6 Å². The maximum Gasteiger partial charge on any atom is 0.177 e. The van der Waals surface area contributed by atoms with Crippen LogP contribution in [0.25, 0.3) is 0 Å². The van der Waals surface area contributed by atoms with Crippen molar-refractivity contribution >= 4 is 15.5 Å². The highest BCUT2D eigenvalue weighted by molar-refractivity contribution is 7.90. The molecule has 0 atom stereocenters. The normalized spacial score (nSPS) is 17.1. The van der Waals surface area contributed by atoms with E-state index in [1.54, 1.807) is 12.1 Å². The number of nitrogens with one attached hydrogen (secondary N) is 2. The van der Waals surface area contributed by atoms with Gasteiger partial charge in [0.1, 0.15) is 0 Å². The van der Waals surface area contributed by atoms with Crippen molar-refractivity contribution < 1.29 is 8.42 Å². The molecule has 0 aromatic heterocycles. The van der Waals surface area contributed by atoms with E-state index in [1.165, 1.54) is 6.26 Å². The number of hydrogen-bond donors (Lipinski definition) is 2. The maximum absolute atomic E-state index is 11.7. The maximum atomic E-state index is 11.7. The SMILES string of the molecule is CS(=O)(=O)c1ccccc1NCCCN1CCNCC1. The van der Waals surface area contributed by atoms with Gasteiger partial charge in [-0.05, 0) is 25.1 Å². The molecule has 0 bridgehead atoms. The summed E-state index contributed by atoms with van der Waals surface area (Å²) in [4.78, 5) is 2.81. The third kappa shape index (κ3) is 4.47. The first-order chi connectivity index (χ1) is 9.57. The predicted molar refractivity (Wildman–Crippen MR) is 82.0 cm³/mol. The van der Waals surface area contributed by atoms with Gasteiger partial charge >= 0.3 is 0 Å². The summed E-state index contributed by atoms with van der Waals surface area (Å²) in [6.45, 7) is 6.15. The van der Waals surface area contributed by atoms with Gasteiger partial charge in [-0.3, -0.25) is 0 Å². The van der Waals surface area contributed by atoms with Crippen LogP contribution in [0.1, 0.15) is 6.42 Å². The minimum absolute atomic E-state index is 0.377. The monoisotopic (exact) mass is 297 g/mol. The zero-order chi connectivity index (χ0) is 14.4. The molecule has 1 saturated heterocycles. The third-order valence-corrected chi connectivity index (χ3v) is 4.62. The van der Waals surface area contributed by atoms with Crippen LogP contribution >= 0.6 is 0 Å². The van der Waals surface area contributed by atoms with Crippen LogP contribution in [0.4, 0.5) is 5.69 Å². The molecule has 0 aliphatic carbocycles. The Hall–Kier alpha value is -1.11. The van der Waals surface area contributed by atoms with Crippen LogP contribution in [-0.2, 0) is 9.84 Å². The first kappa shape index (κ1) is 15.3. The Balaban J connectivity index is 1.82. The van der Waals surface area contributed by atoms with Crippen molar-refractivity contribution in [2.24, 2.45) is 0 Å². The quantitative estimate of drug-likeness (QED) is 0.761. The zero-order valence-electron chi connectivity index (χ0n) is 11.9. The van der Waals surface area contributed by atoms with Gasteiger partial charge in [0.25, 0.3) is 0 Å². The van der Waals surface area contributed by atoms with E-state index in [2.05, 4.69) is 15.5 Å². The molecule has 1 aliphatic heterocycles. The number of benzene rings is 1. The Morgan fingerprint density at radius 2 is 1.95 bits per heavy atom. The van der Waals surface area contributed by atoms with E-state index in [-0.39, 0.29) is 0 Å². The first-order valence-corrected chi connectivity index (χ1v) is 8.92. The Labute approximate surface area is 121 Å². The van der Waals surface area contributed by atoms with Gasteiger partial charge in [-0.15, -0.1) is 0 Å². The average Bonchev–Trinajstić information content (AvgIpc) is 2.44. The number of piperazine rings is 1. The van der Waals surface area contributed by atoms with Crippen LogP contribution in [-0.4, -0.2) is 58.8 Å². The zero-order valence-corrected chi connectivity index (χ0v) is 12.7. The van der Waals surface area contributed by atoms with E-state index in [4.69, 9.17) is 0 Å². The smallest absolute Gasteiger partial charge is 0.177 e. The predicted octanol–water partition coefficient (Wildman–Crippen LogP) is 0.797. The molecule has 1 aromatic carbocycles. The van der Waals surface area contributed by atoms with Gasteiger partial charge in [0, 0.05) is 39.0 Å². The molecule has 0 amide bonds. The van der Waals surface area contributed by atoms with Crippen LogP contribution in [0.2, 0.25) is 0 Å². The highest BCUT2D eigenvalue weighted by Gasteiger charge is 2.12. The van der Waals surface area contributed by atoms with E-state index >= 15 is 0 Å². The summed E-state index contributed by atoms with van der Waals surface area (Å²) in [5.74, 6) is 0. The summed E-state index contributed by atoms with van der Waals surface area (Å²) in [7, 11) is -3.17. The van der Waals surface area contributed by atoms with Gasteiger partial charge in [0.15, 0.2) is 9.84 Å². The van der Waals surface area contributed by atoms with Crippen molar-refractivity contribution in [2.45, 2.75) is 11.3 Å². The van der Waals surface area contributed by atoms with Gasteiger partial charge in [-0.2, -0.15) is 0 Å². The number of rotatable bonds is 6. The molecule has 1 heterocycles. The molecule has 1 aromatic rings. The molecular weight excluding hydrogens is 274 g/mol. The summed E-state index contributed by atoms with van der Waals surface area (Å²) in [5, 5.41) is 6.57. The van der Waals surface area contributed by atoms with E-state index in [9.17, 15) is 8.42 Å². The second-order valence-corrected chi connectivity index (χ2v) is 7.12. The summed E-state index contributed by atoms with van der Waals surface area (Å²) >= 11 is 0. The number of para-hydroxylation sites is 1. The molecule has 0 saturated carbocycles. The Bertz CT molecular complexity index is 525. The average molecular weight is 297 g/mol. The molecule has 5 nitrogen and oxygen atoms in total. The van der Waals surface area contributed by atoms with E-state index in [0.717, 1.165) is 45.7 Å². The highest BCUT2D eigenvalue weighted by atomic mass is 32.2. The number of anilines is 1. The molecule has 20 heavy (non-hydrogen) atoms. The molecule has 6 heteroatoms. The van der Waals surface area contributed by atoms with Crippen molar-refractivity contribution in [2.75, 3.05) is 50.8 Å². The van der Waals surface area contributed by atoms with Gasteiger partial charge in [-0.1, -0.05) is 12.1 Å². The second-order valence-electron chi connectivity index (χ2n) is 5.14. The van der Waals surface area contributed by atoms with Crippen LogP contribution in [0, 0.1) is 0 Å². The van der Waals surface area contributed by atoms with E-state index in [1.807, 2.05) is 12.1 Å². The van der Waals surface area contributed by atoms with Crippen LogP contribution in [0.5, 0.6) is 0 Å². The first-order valence-electron chi connectivity index (χ1n) is 7.03. The van der Waals surface area contributed by atoms with Gasteiger partial charge in [-0.25, -0.2) is 8.42 Å². The van der Waals surface area contributed by atoms with Crippen molar-refractivity contribution in [1.29, 1.82) is 0 Å². The van der Waals surface area contributed by atoms with Crippen molar-refractivity contribution in [3.8, 4) is 0 Å². The standard InChI is InChI=1S/C14H23N3O2S/c1-20(18,19)14-6-3-2-5-13(14)16-7-4-10-17-11-8-15-9-12-17/h2-3,5-6,15-16H,4,7-12H2,1H3. The number of nitrogens with zero attached hydrogens (tertiary/aromatic N) is 1. The van der Waals surface area contributed by atoms with Crippen LogP contribution in [0.3, 0.4) is 0 Å².